The van der Waals surface area contributed by atoms with Crippen LogP contribution in [-0.4, -0.2) is 45.9 Å². The van der Waals surface area contributed by atoms with Gasteiger partial charge in [0, 0.05) is 30.5 Å². The first-order chi connectivity index (χ1) is 19.9. The van der Waals surface area contributed by atoms with Crippen molar-refractivity contribution in [2.24, 2.45) is 5.92 Å². The average molecular weight is 547 g/mol. The van der Waals surface area contributed by atoms with E-state index in [2.05, 4.69) is 65.8 Å². The maximum Gasteiger partial charge on any atom is 0.119 e. The Kier molecular flexibility index (Phi) is 7.71. The Hall–Kier alpha value is -4.22. The number of fused-ring (bicyclic) bond motifs is 1. The molecule has 0 amide bonds. The molecule has 6 rings (SSSR count). The van der Waals surface area contributed by atoms with Crippen LogP contribution in [-0.2, 0) is 6.54 Å². The molecule has 1 unspecified atom stereocenters. The molecule has 0 bridgehead atoms. The van der Waals surface area contributed by atoms with Crippen molar-refractivity contribution >= 4 is 10.9 Å². The van der Waals surface area contributed by atoms with E-state index in [1.807, 2.05) is 24.3 Å². The van der Waals surface area contributed by atoms with Crippen molar-refractivity contribution in [1.82, 2.24) is 9.47 Å². The number of benzene rings is 4. The van der Waals surface area contributed by atoms with Crippen LogP contribution < -0.4 is 4.74 Å². The van der Waals surface area contributed by atoms with Crippen LogP contribution in [0.4, 0.5) is 0 Å². The van der Waals surface area contributed by atoms with Crippen LogP contribution in [0.3, 0.4) is 0 Å². The van der Waals surface area contributed by atoms with Crippen molar-refractivity contribution in [3.63, 3.8) is 0 Å². The van der Waals surface area contributed by atoms with E-state index in [1.54, 1.807) is 24.3 Å². The lowest BCUT2D eigenvalue weighted by molar-refractivity contribution is 0.153. The number of likely N-dealkylation sites (tertiary alicyclic amines) is 1. The second-order valence-electron chi connectivity index (χ2n) is 11.4. The van der Waals surface area contributed by atoms with E-state index in [0.29, 0.717) is 13.2 Å². The largest absolute Gasteiger partial charge is 0.508 e. The SMILES string of the molecule is Cc1c(-c2ccc(O)cc2)n(Cc2ccc(OCCN3CCCC(C)C3)cc2)c2ccc(-c3ccc(O)cc3)cc12. The van der Waals surface area contributed by atoms with Gasteiger partial charge >= 0.3 is 0 Å². The minimum absolute atomic E-state index is 0.258. The normalized spacial score (nSPS) is 15.8. The number of hydrogen-bond acceptors (Lipinski definition) is 4. The summed E-state index contributed by atoms with van der Waals surface area (Å²) in [6.07, 6.45) is 2.62. The zero-order valence-corrected chi connectivity index (χ0v) is 23.9. The number of ether oxygens (including phenoxy) is 1. The van der Waals surface area contributed by atoms with Gasteiger partial charge < -0.3 is 19.5 Å². The number of aromatic nitrogens is 1. The molecular formula is C36H38N2O3. The Morgan fingerprint density at radius 3 is 2.15 bits per heavy atom. The van der Waals surface area contributed by atoms with Gasteiger partial charge in [-0.25, -0.2) is 0 Å². The summed E-state index contributed by atoms with van der Waals surface area (Å²) in [5.41, 5.74) is 7.92. The predicted octanol–water partition coefficient (Wildman–Crippen LogP) is 7.85. The first kappa shape index (κ1) is 27.0. The van der Waals surface area contributed by atoms with E-state index in [9.17, 15) is 10.2 Å². The van der Waals surface area contributed by atoms with E-state index in [-0.39, 0.29) is 11.5 Å². The second kappa shape index (κ2) is 11.7. The van der Waals surface area contributed by atoms with Gasteiger partial charge in [-0.2, -0.15) is 0 Å². The van der Waals surface area contributed by atoms with Crippen molar-refractivity contribution in [2.75, 3.05) is 26.2 Å². The van der Waals surface area contributed by atoms with Crippen LogP contribution in [0.5, 0.6) is 17.2 Å². The monoisotopic (exact) mass is 546 g/mol. The summed E-state index contributed by atoms with van der Waals surface area (Å²) in [6, 6.07) is 29.8. The molecule has 2 heterocycles. The molecule has 1 aliphatic heterocycles. The summed E-state index contributed by atoms with van der Waals surface area (Å²) in [5, 5.41) is 20.9. The minimum Gasteiger partial charge on any atom is -0.508 e. The Labute approximate surface area is 242 Å². The summed E-state index contributed by atoms with van der Waals surface area (Å²) in [5.74, 6) is 2.21. The zero-order valence-electron chi connectivity index (χ0n) is 23.9. The molecule has 5 heteroatoms. The molecule has 4 aromatic carbocycles. The molecule has 0 aliphatic carbocycles. The van der Waals surface area contributed by atoms with Crippen LogP contribution in [0, 0.1) is 12.8 Å². The van der Waals surface area contributed by atoms with Crippen LogP contribution in [0.15, 0.2) is 91.0 Å². The summed E-state index contributed by atoms with van der Waals surface area (Å²) in [7, 11) is 0. The summed E-state index contributed by atoms with van der Waals surface area (Å²) in [6.45, 7) is 9.25. The molecule has 210 valence electrons. The Balaban J connectivity index is 1.27. The maximum atomic E-state index is 9.93. The molecule has 1 aliphatic rings. The van der Waals surface area contributed by atoms with Gasteiger partial charge in [-0.05, 0) is 121 Å². The number of aromatic hydroxyl groups is 2. The Morgan fingerprint density at radius 1 is 0.805 bits per heavy atom. The minimum atomic E-state index is 0.258. The van der Waals surface area contributed by atoms with E-state index in [0.717, 1.165) is 46.1 Å². The molecule has 41 heavy (non-hydrogen) atoms. The molecule has 0 spiro atoms. The number of aryl methyl sites for hydroxylation is 1. The highest BCUT2D eigenvalue weighted by molar-refractivity contribution is 5.94. The van der Waals surface area contributed by atoms with Gasteiger partial charge in [0.15, 0.2) is 0 Å². The molecule has 5 aromatic rings. The molecular weight excluding hydrogens is 508 g/mol. The third kappa shape index (κ3) is 5.96. The molecule has 1 aromatic heterocycles. The molecule has 1 fully saturated rings. The lowest BCUT2D eigenvalue weighted by atomic mass is 10.0. The van der Waals surface area contributed by atoms with Crippen LogP contribution in [0.1, 0.15) is 30.9 Å². The highest BCUT2D eigenvalue weighted by atomic mass is 16.5. The van der Waals surface area contributed by atoms with Crippen LogP contribution in [0.2, 0.25) is 0 Å². The number of rotatable bonds is 8. The Morgan fingerprint density at radius 2 is 1.46 bits per heavy atom. The van der Waals surface area contributed by atoms with E-state index in [1.165, 1.54) is 42.4 Å². The quantitative estimate of drug-likeness (QED) is 0.208. The number of phenolic OH excluding ortho intramolecular Hbond substituents is 2. The number of nitrogens with zero attached hydrogens (tertiary/aromatic N) is 2. The molecule has 2 N–H and O–H groups in total. The average Bonchev–Trinajstić information content (AvgIpc) is 3.25. The molecule has 1 saturated heterocycles. The number of piperidine rings is 1. The summed E-state index contributed by atoms with van der Waals surface area (Å²) in [4.78, 5) is 2.51. The van der Waals surface area contributed by atoms with Gasteiger partial charge in [0.1, 0.15) is 23.9 Å². The lowest BCUT2D eigenvalue weighted by Crippen LogP contribution is -2.37. The topological polar surface area (TPSA) is 57.9 Å². The van der Waals surface area contributed by atoms with E-state index >= 15 is 0 Å². The van der Waals surface area contributed by atoms with Crippen molar-refractivity contribution in [3.05, 3.63) is 102 Å². The van der Waals surface area contributed by atoms with Crippen LogP contribution >= 0.6 is 0 Å². The van der Waals surface area contributed by atoms with Gasteiger partial charge in [-0.1, -0.05) is 37.3 Å². The summed E-state index contributed by atoms with van der Waals surface area (Å²) >= 11 is 0. The third-order valence-electron chi connectivity index (χ3n) is 8.34. The maximum absolute atomic E-state index is 9.93. The van der Waals surface area contributed by atoms with E-state index < -0.39 is 0 Å². The smallest absolute Gasteiger partial charge is 0.119 e. The highest BCUT2D eigenvalue weighted by Crippen LogP contribution is 2.37. The molecule has 0 radical (unpaired) electrons. The fraction of sp³-hybridized carbons (Fsp3) is 0.278. The second-order valence-corrected chi connectivity index (χ2v) is 11.4. The third-order valence-corrected chi connectivity index (χ3v) is 8.34. The first-order valence-electron chi connectivity index (χ1n) is 14.6. The van der Waals surface area contributed by atoms with Crippen molar-refractivity contribution < 1.29 is 14.9 Å². The number of hydrogen-bond donors (Lipinski definition) is 2. The summed E-state index contributed by atoms with van der Waals surface area (Å²) < 4.78 is 8.47. The zero-order chi connectivity index (χ0) is 28.3. The standard InChI is InChI=1S/C36H38N2O3/c1-25-4-3-19-37(23-25)20-21-41-33-16-5-27(6-17-33)24-38-35-18-11-30(28-7-12-31(39)13-8-28)22-34(35)26(2)36(38)29-9-14-32(40)15-10-29/h5-18,22,25,39-40H,3-4,19-21,23-24H2,1-2H3. The number of phenols is 2. The van der Waals surface area contributed by atoms with Gasteiger partial charge in [0.25, 0.3) is 0 Å². The molecule has 1 atom stereocenters. The van der Waals surface area contributed by atoms with Crippen molar-refractivity contribution in [3.8, 4) is 39.6 Å². The molecule has 0 saturated carbocycles. The lowest BCUT2D eigenvalue weighted by Gasteiger charge is -2.30. The van der Waals surface area contributed by atoms with Gasteiger partial charge in [0.2, 0.25) is 0 Å². The van der Waals surface area contributed by atoms with Crippen molar-refractivity contribution in [1.29, 1.82) is 0 Å². The van der Waals surface area contributed by atoms with Crippen LogP contribution in [0.25, 0.3) is 33.3 Å². The van der Waals surface area contributed by atoms with Gasteiger partial charge in [0.05, 0.1) is 5.69 Å². The molecule has 5 nitrogen and oxygen atoms in total. The first-order valence-corrected chi connectivity index (χ1v) is 14.6. The van der Waals surface area contributed by atoms with Crippen molar-refractivity contribution in [2.45, 2.75) is 33.2 Å². The Bertz CT molecular complexity index is 1620. The van der Waals surface area contributed by atoms with Gasteiger partial charge in [-0.3, -0.25) is 4.90 Å². The fourth-order valence-corrected chi connectivity index (χ4v) is 6.17. The van der Waals surface area contributed by atoms with Gasteiger partial charge in [-0.15, -0.1) is 0 Å². The highest BCUT2D eigenvalue weighted by Gasteiger charge is 2.18. The van der Waals surface area contributed by atoms with E-state index in [4.69, 9.17) is 4.74 Å². The predicted molar refractivity (Wildman–Crippen MR) is 167 cm³/mol. The fourth-order valence-electron chi connectivity index (χ4n) is 6.17.